The van der Waals surface area contributed by atoms with Crippen LogP contribution >= 0.6 is 11.8 Å². The standard InChI is InChI=1S/C19H16FN5O2S/c1-10-6-12(7-14-17(10)27-8-15(26)23-14)16-18(11-2-4-13(20)5-3-11)28-19(22)25(9-21)24-16/h2-7,9,18,21-22H,8H2,1H3,(H,23,26)/p+1. The fourth-order valence-corrected chi connectivity index (χ4v) is 4.17. The molecule has 4 rings (SSSR count). The van der Waals surface area contributed by atoms with Gasteiger partial charge in [0.1, 0.15) is 17.3 Å². The number of carbonyl (C=O) groups is 1. The molecule has 1 atom stereocenters. The van der Waals surface area contributed by atoms with Crippen LogP contribution in [0.25, 0.3) is 0 Å². The molecule has 1 amide bonds. The van der Waals surface area contributed by atoms with Crippen LogP contribution in [0.2, 0.25) is 0 Å². The number of nitrogens with two attached hydrogens (primary N) is 1. The number of ether oxygens (including phenoxy) is 1. The van der Waals surface area contributed by atoms with E-state index in [4.69, 9.17) is 15.9 Å². The molecule has 0 aromatic heterocycles. The van der Waals surface area contributed by atoms with Crippen molar-refractivity contribution in [3.63, 3.8) is 0 Å². The predicted molar refractivity (Wildman–Crippen MR) is 107 cm³/mol. The molecule has 2 aromatic carbocycles. The van der Waals surface area contributed by atoms with Crippen LogP contribution in [0.1, 0.15) is 21.9 Å². The summed E-state index contributed by atoms with van der Waals surface area (Å²) < 4.78 is 20.2. The lowest BCUT2D eigenvalue weighted by molar-refractivity contribution is -0.402. The molecule has 7 nitrogen and oxygen atoms in total. The highest BCUT2D eigenvalue weighted by Gasteiger charge is 2.31. The maximum Gasteiger partial charge on any atom is 0.280 e. The van der Waals surface area contributed by atoms with Crippen molar-refractivity contribution in [3.8, 4) is 5.75 Å². The maximum atomic E-state index is 13.4. The molecule has 0 radical (unpaired) electrons. The van der Waals surface area contributed by atoms with Gasteiger partial charge in [-0.25, -0.2) is 4.39 Å². The summed E-state index contributed by atoms with van der Waals surface area (Å²) in [5, 5.41) is 14.9. The van der Waals surface area contributed by atoms with E-state index in [1.54, 1.807) is 18.2 Å². The second-order valence-corrected chi connectivity index (χ2v) is 7.48. The van der Waals surface area contributed by atoms with E-state index >= 15 is 0 Å². The number of aryl methyl sites for hydroxylation is 1. The number of amides is 1. The molecular weight excluding hydrogens is 381 g/mol. The Morgan fingerprint density at radius 1 is 1.39 bits per heavy atom. The summed E-state index contributed by atoms with van der Waals surface area (Å²) in [7, 11) is 0. The Morgan fingerprint density at radius 2 is 2.14 bits per heavy atom. The number of rotatable bonds is 3. The number of fused-ring (bicyclic) bond motifs is 1. The summed E-state index contributed by atoms with van der Waals surface area (Å²) in [5.41, 5.74) is 9.68. The van der Waals surface area contributed by atoms with Gasteiger partial charge >= 0.3 is 0 Å². The van der Waals surface area contributed by atoms with Gasteiger partial charge in [-0.1, -0.05) is 12.1 Å². The van der Waals surface area contributed by atoms with Crippen molar-refractivity contribution in [1.82, 2.24) is 0 Å². The number of nitrogens with one attached hydrogen (secondary N) is 2. The second-order valence-electron chi connectivity index (χ2n) is 6.35. The summed E-state index contributed by atoms with van der Waals surface area (Å²) in [6.07, 6.45) is 1.03. The Hall–Kier alpha value is -3.20. The number of carbonyl (C=O) groups excluding carboxylic acids is 1. The third-order valence-corrected chi connectivity index (χ3v) is 5.58. The third-order valence-electron chi connectivity index (χ3n) is 4.42. The van der Waals surface area contributed by atoms with Crippen molar-refractivity contribution in [2.75, 3.05) is 11.9 Å². The first-order valence-electron chi connectivity index (χ1n) is 8.47. The van der Waals surface area contributed by atoms with E-state index in [1.807, 2.05) is 13.0 Å². The largest absolute Gasteiger partial charge is 0.481 e. The van der Waals surface area contributed by atoms with Gasteiger partial charge < -0.3 is 15.8 Å². The van der Waals surface area contributed by atoms with Crippen molar-refractivity contribution < 1.29 is 18.6 Å². The zero-order chi connectivity index (χ0) is 19.8. The number of benzene rings is 2. The fourth-order valence-electron chi connectivity index (χ4n) is 3.14. The number of hydrazone groups is 1. The van der Waals surface area contributed by atoms with Crippen molar-refractivity contribution in [2.45, 2.75) is 12.2 Å². The van der Waals surface area contributed by atoms with E-state index in [-0.39, 0.29) is 23.6 Å². The normalized spacial score (nSPS) is 18.7. The lowest BCUT2D eigenvalue weighted by Crippen LogP contribution is -2.31. The van der Waals surface area contributed by atoms with Crippen LogP contribution < -0.4 is 15.8 Å². The van der Waals surface area contributed by atoms with Gasteiger partial charge in [-0.15, -0.1) is 9.79 Å². The smallest absolute Gasteiger partial charge is 0.280 e. The summed E-state index contributed by atoms with van der Waals surface area (Å²) in [5.74, 6) is 0.0733. The van der Waals surface area contributed by atoms with Crippen LogP contribution in [0.4, 0.5) is 10.1 Å². The average Bonchev–Trinajstić information content (AvgIpc) is 2.68. The molecule has 0 aliphatic carbocycles. The Balaban J connectivity index is 1.85. The molecule has 0 saturated heterocycles. The monoisotopic (exact) mass is 398 g/mol. The lowest BCUT2D eigenvalue weighted by Gasteiger charge is -2.25. The van der Waals surface area contributed by atoms with Crippen molar-refractivity contribution in [1.29, 1.82) is 5.41 Å². The van der Waals surface area contributed by atoms with Gasteiger partial charge in [-0.2, -0.15) is 5.41 Å². The lowest BCUT2D eigenvalue weighted by atomic mass is 9.98. The van der Waals surface area contributed by atoms with Gasteiger partial charge in [0.05, 0.1) is 10.9 Å². The molecule has 2 aromatic rings. The second kappa shape index (κ2) is 7.08. The van der Waals surface area contributed by atoms with Crippen LogP contribution in [0.15, 0.2) is 41.5 Å². The number of amidine groups is 1. The van der Waals surface area contributed by atoms with Gasteiger partial charge in [0.15, 0.2) is 6.61 Å². The fraction of sp³-hybridized carbons (Fsp3) is 0.158. The molecule has 0 fully saturated rings. The first-order chi connectivity index (χ1) is 13.5. The number of thioether (sulfide) groups is 1. The topological polar surface area (TPSA) is 104 Å². The molecule has 2 aliphatic rings. The van der Waals surface area contributed by atoms with Crippen LogP contribution in [-0.2, 0) is 4.79 Å². The number of halogens is 1. The predicted octanol–water partition coefficient (Wildman–Crippen LogP) is 2.59. The van der Waals surface area contributed by atoms with Crippen LogP contribution in [-0.4, -0.2) is 34.4 Å². The third kappa shape index (κ3) is 3.24. The highest BCUT2D eigenvalue weighted by atomic mass is 32.2. The van der Waals surface area contributed by atoms with Gasteiger partial charge in [0.25, 0.3) is 11.1 Å². The SMILES string of the molecule is Cc1cc(C2=N[N+](C=N)=C(N)SC2c2ccc(F)cc2)cc2c1OCC(=O)N2. The van der Waals surface area contributed by atoms with E-state index in [2.05, 4.69) is 10.4 Å². The minimum Gasteiger partial charge on any atom is -0.481 e. The highest BCUT2D eigenvalue weighted by Crippen LogP contribution is 2.39. The van der Waals surface area contributed by atoms with Crippen molar-refractivity contribution in [3.05, 3.63) is 58.9 Å². The molecule has 2 heterocycles. The quantitative estimate of drug-likeness (QED) is 0.420. The van der Waals surface area contributed by atoms with Gasteiger partial charge in [0.2, 0.25) is 6.34 Å². The van der Waals surface area contributed by atoms with E-state index in [0.29, 0.717) is 22.3 Å². The Morgan fingerprint density at radius 3 is 2.86 bits per heavy atom. The maximum absolute atomic E-state index is 13.4. The molecule has 28 heavy (non-hydrogen) atoms. The van der Waals surface area contributed by atoms with E-state index in [0.717, 1.165) is 23.0 Å². The van der Waals surface area contributed by atoms with Crippen LogP contribution in [0.5, 0.6) is 5.75 Å². The van der Waals surface area contributed by atoms with Gasteiger partial charge in [-0.3, -0.25) is 4.79 Å². The molecule has 142 valence electrons. The minimum atomic E-state index is -0.328. The van der Waals surface area contributed by atoms with E-state index in [9.17, 15) is 9.18 Å². The van der Waals surface area contributed by atoms with Crippen LogP contribution in [0, 0.1) is 18.2 Å². The number of hydrogen-bond donors (Lipinski definition) is 3. The first kappa shape index (κ1) is 18.2. The molecule has 4 N–H and O–H groups in total. The first-order valence-corrected chi connectivity index (χ1v) is 9.35. The Bertz CT molecular complexity index is 1050. The Kier molecular flexibility index (Phi) is 4.60. The highest BCUT2D eigenvalue weighted by molar-refractivity contribution is 8.14. The summed E-state index contributed by atoms with van der Waals surface area (Å²) >= 11 is 1.32. The zero-order valence-electron chi connectivity index (χ0n) is 14.9. The zero-order valence-corrected chi connectivity index (χ0v) is 15.7. The van der Waals surface area contributed by atoms with Gasteiger partial charge in [-0.05, 0) is 54.1 Å². The molecule has 1 unspecified atom stereocenters. The minimum absolute atomic E-state index is 0.0186. The number of hydrogen-bond acceptors (Lipinski definition) is 6. The summed E-state index contributed by atoms with van der Waals surface area (Å²) in [6, 6.07) is 9.85. The van der Waals surface area contributed by atoms with E-state index in [1.165, 1.54) is 28.6 Å². The van der Waals surface area contributed by atoms with Crippen molar-refractivity contribution in [2.24, 2.45) is 10.8 Å². The number of anilines is 1. The average molecular weight is 398 g/mol. The Labute approximate surface area is 164 Å². The molecular formula is C19H17FN5O2S+. The molecule has 0 bridgehead atoms. The summed E-state index contributed by atoms with van der Waals surface area (Å²) in [6.45, 7) is 1.87. The van der Waals surface area contributed by atoms with E-state index < -0.39 is 0 Å². The molecule has 2 aliphatic heterocycles. The summed E-state index contributed by atoms with van der Waals surface area (Å²) in [4.78, 5) is 11.7. The molecule has 0 saturated carbocycles. The molecule has 0 spiro atoms. The molecule has 9 heteroatoms. The van der Waals surface area contributed by atoms with Gasteiger partial charge in [0, 0.05) is 5.56 Å². The van der Waals surface area contributed by atoms with Crippen LogP contribution in [0.3, 0.4) is 0 Å². The number of nitrogens with zero attached hydrogens (tertiary/aromatic N) is 2. The van der Waals surface area contributed by atoms with Crippen molar-refractivity contribution >= 4 is 40.6 Å².